The zero-order valence-electron chi connectivity index (χ0n) is 30.0. The van der Waals surface area contributed by atoms with E-state index in [9.17, 15) is 0 Å². The summed E-state index contributed by atoms with van der Waals surface area (Å²) >= 11 is 0. The minimum atomic E-state index is -0.463. The van der Waals surface area contributed by atoms with Crippen molar-refractivity contribution < 1.29 is 8.78 Å². The molecule has 4 atom stereocenters. The summed E-state index contributed by atoms with van der Waals surface area (Å²) in [4.78, 5) is 21.3. The van der Waals surface area contributed by atoms with E-state index in [1.54, 1.807) is 12.1 Å². The minimum Gasteiger partial charge on any atom is -0.367 e. The lowest BCUT2D eigenvalue weighted by Gasteiger charge is -2.45. The van der Waals surface area contributed by atoms with Crippen LogP contribution in [0.1, 0.15) is 130 Å². The van der Waals surface area contributed by atoms with Crippen LogP contribution in [0.3, 0.4) is 0 Å². The van der Waals surface area contributed by atoms with E-state index in [0.717, 1.165) is 109 Å². The predicted molar refractivity (Wildman–Crippen MR) is 203 cm³/mol. The third-order valence-corrected chi connectivity index (χ3v) is 13.3. The third-order valence-electron chi connectivity index (χ3n) is 13.3. The van der Waals surface area contributed by atoms with Crippen LogP contribution in [0.4, 0.5) is 20.2 Å². The number of rotatable bonds is 6. The first-order valence-electron chi connectivity index (χ1n) is 20.0. The summed E-state index contributed by atoms with van der Waals surface area (Å²) in [6, 6.07) is 16.5. The number of piperidine rings is 1. The second kappa shape index (κ2) is 13.1. The molecule has 4 N–H and O–H groups in total. The van der Waals surface area contributed by atoms with E-state index >= 15 is 8.78 Å². The Morgan fingerprint density at radius 2 is 1.15 bits per heavy atom. The van der Waals surface area contributed by atoms with Gasteiger partial charge in [-0.2, -0.15) is 0 Å². The Balaban J connectivity index is 1.00. The van der Waals surface area contributed by atoms with Crippen molar-refractivity contribution in [1.29, 1.82) is 0 Å². The zero-order valence-corrected chi connectivity index (χ0v) is 30.0. The Bertz CT molecular complexity index is 1950. The maximum absolute atomic E-state index is 16.4. The number of hydrogen-bond donors (Lipinski definition) is 4. The molecule has 5 aliphatic rings. The Labute approximate surface area is 304 Å². The molecule has 4 aliphatic heterocycles. The van der Waals surface area contributed by atoms with Gasteiger partial charge in [-0.3, -0.25) is 0 Å². The maximum atomic E-state index is 16.4. The summed E-state index contributed by atoms with van der Waals surface area (Å²) in [7, 11) is 0. The number of halogens is 2. The first-order valence-corrected chi connectivity index (χ1v) is 20.0. The number of benzene rings is 3. The quantitative estimate of drug-likeness (QED) is 0.141. The number of nitrogens with one attached hydrogen (secondary N) is 4. The molecule has 3 aromatic carbocycles. The van der Waals surface area contributed by atoms with Gasteiger partial charge in [-0.1, -0.05) is 31.4 Å². The van der Waals surface area contributed by atoms with Crippen LogP contribution in [0.15, 0.2) is 48.5 Å². The summed E-state index contributed by atoms with van der Waals surface area (Å²) in [5, 5.41) is 7.11. The summed E-state index contributed by atoms with van der Waals surface area (Å²) in [6.45, 7) is 3.46. The maximum Gasteiger partial charge on any atom is 0.151 e. The number of aromatic nitrogens is 4. The van der Waals surface area contributed by atoms with Gasteiger partial charge in [0.2, 0.25) is 0 Å². The highest BCUT2D eigenvalue weighted by atomic mass is 19.1. The Morgan fingerprint density at radius 3 is 1.65 bits per heavy atom. The van der Waals surface area contributed by atoms with Gasteiger partial charge in [0.1, 0.15) is 17.3 Å². The summed E-state index contributed by atoms with van der Waals surface area (Å²) < 4.78 is 32.8. The topological polar surface area (TPSA) is 87.9 Å². The molecule has 10 heteroatoms. The SMILES string of the molecule is Fc1cc(N2[C@@H](c3ccc4nc([C@@H]5CCCN5)[nH]c4c3)CC[C@H]2c2ccc3nc([C@@H]4CCCN4)[nH]c3c2)cc(F)c1N1CCC2(CCCCC2)CC1. The second-order valence-electron chi connectivity index (χ2n) is 16.4. The molecule has 1 spiro atoms. The molecule has 52 heavy (non-hydrogen) atoms. The number of fused-ring (bicyclic) bond motifs is 2. The Morgan fingerprint density at radius 1 is 0.615 bits per heavy atom. The van der Waals surface area contributed by atoms with Crippen LogP contribution < -0.4 is 20.4 Å². The van der Waals surface area contributed by atoms with Gasteiger partial charge < -0.3 is 30.4 Å². The normalized spacial score (nSPS) is 26.4. The molecule has 8 nitrogen and oxygen atoms in total. The molecule has 10 rings (SSSR count). The number of aromatic amines is 2. The lowest BCUT2D eigenvalue weighted by atomic mass is 9.68. The summed E-state index contributed by atoms with van der Waals surface area (Å²) in [5.74, 6) is 1.04. The molecule has 0 unspecified atom stereocenters. The van der Waals surface area contributed by atoms with E-state index in [-0.39, 0.29) is 29.9 Å². The van der Waals surface area contributed by atoms with Gasteiger partial charge >= 0.3 is 0 Å². The van der Waals surface area contributed by atoms with Crippen LogP contribution in [-0.2, 0) is 0 Å². The molecule has 1 aliphatic carbocycles. The number of anilines is 2. The zero-order chi connectivity index (χ0) is 34.8. The molecule has 2 aromatic heterocycles. The highest BCUT2D eigenvalue weighted by molar-refractivity contribution is 5.78. The fraction of sp³-hybridized carbons (Fsp3) is 0.524. The molecule has 0 amide bonds. The number of hydrogen-bond acceptors (Lipinski definition) is 6. The molecular weight excluding hydrogens is 655 g/mol. The largest absolute Gasteiger partial charge is 0.367 e. The highest BCUT2D eigenvalue weighted by Crippen LogP contribution is 2.50. The van der Waals surface area contributed by atoms with E-state index in [1.165, 1.54) is 32.1 Å². The first kappa shape index (κ1) is 32.6. The van der Waals surface area contributed by atoms with E-state index in [1.807, 2.05) is 4.90 Å². The fourth-order valence-corrected chi connectivity index (χ4v) is 10.5. The van der Waals surface area contributed by atoms with E-state index < -0.39 is 11.6 Å². The van der Waals surface area contributed by atoms with Crippen molar-refractivity contribution in [3.63, 3.8) is 0 Å². The van der Waals surface area contributed by atoms with E-state index in [0.29, 0.717) is 24.2 Å². The molecule has 4 saturated heterocycles. The second-order valence-corrected chi connectivity index (χ2v) is 16.4. The van der Waals surface area contributed by atoms with E-state index in [2.05, 4.69) is 61.9 Å². The van der Waals surface area contributed by atoms with Gasteiger partial charge in [-0.25, -0.2) is 18.7 Å². The summed E-state index contributed by atoms with van der Waals surface area (Å²) in [5.41, 5.74) is 7.25. The Kier molecular flexibility index (Phi) is 8.23. The van der Waals surface area contributed by atoms with Crippen molar-refractivity contribution in [2.24, 2.45) is 5.41 Å². The standard InChI is InChI=1S/C42H50F2N8/c43-29-24-28(25-30(44)39(29)51-20-16-42(17-21-51)14-2-1-3-15-42)52-37(26-8-10-31-35(22-26)49-40(47-31)33-6-4-18-45-33)12-13-38(52)27-9-11-32-36(23-27)50-41(48-32)34-7-5-19-46-34/h8-11,22-25,33-34,37-38,45-46H,1-7,12-21H2,(H,47,49)(H,48,50)/t33-,34-,37-,38+/m0/s1. The number of H-pyrrole nitrogens is 2. The van der Waals surface area contributed by atoms with Gasteiger partial charge in [0.05, 0.1) is 46.2 Å². The highest BCUT2D eigenvalue weighted by Gasteiger charge is 2.39. The monoisotopic (exact) mass is 704 g/mol. The minimum absolute atomic E-state index is 0.0627. The lowest BCUT2D eigenvalue weighted by molar-refractivity contribution is 0.144. The number of imidazole rings is 2. The fourth-order valence-electron chi connectivity index (χ4n) is 10.5. The molecule has 272 valence electrons. The Hall–Kier alpha value is -4.02. The van der Waals surface area contributed by atoms with Crippen molar-refractivity contribution in [2.45, 2.75) is 108 Å². The molecule has 5 aromatic rings. The van der Waals surface area contributed by atoms with Gasteiger partial charge in [0, 0.05) is 18.8 Å². The van der Waals surface area contributed by atoms with Gasteiger partial charge in [0.25, 0.3) is 0 Å². The smallest absolute Gasteiger partial charge is 0.151 e. The van der Waals surface area contributed by atoms with Crippen molar-refractivity contribution in [3.05, 3.63) is 82.9 Å². The predicted octanol–water partition coefficient (Wildman–Crippen LogP) is 9.20. The molecule has 6 heterocycles. The van der Waals surface area contributed by atoms with Gasteiger partial charge in [0.15, 0.2) is 11.6 Å². The van der Waals surface area contributed by atoms with Crippen molar-refractivity contribution >= 4 is 33.4 Å². The van der Waals surface area contributed by atoms with Crippen molar-refractivity contribution in [3.8, 4) is 0 Å². The third kappa shape index (κ3) is 5.77. The van der Waals surface area contributed by atoms with Crippen LogP contribution in [0.5, 0.6) is 0 Å². The van der Waals surface area contributed by atoms with Crippen molar-refractivity contribution in [2.75, 3.05) is 36.0 Å². The van der Waals surface area contributed by atoms with E-state index in [4.69, 9.17) is 9.97 Å². The van der Waals surface area contributed by atoms with Gasteiger partial charge in [-0.05, 0) is 130 Å². The van der Waals surface area contributed by atoms with Crippen molar-refractivity contribution in [1.82, 2.24) is 30.6 Å². The van der Waals surface area contributed by atoms with Crippen LogP contribution >= 0.6 is 0 Å². The molecule has 5 fully saturated rings. The van der Waals surface area contributed by atoms with Gasteiger partial charge in [-0.15, -0.1) is 0 Å². The molecular formula is C42H50F2N8. The molecule has 0 radical (unpaired) electrons. The molecule has 1 saturated carbocycles. The summed E-state index contributed by atoms with van der Waals surface area (Å²) in [6.07, 6.45) is 14.6. The average Bonchev–Trinajstić information content (AvgIpc) is 4.01. The van der Waals surface area contributed by atoms with Crippen LogP contribution in [0, 0.1) is 17.0 Å². The van der Waals surface area contributed by atoms with Crippen LogP contribution in [0.2, 0.25) is 0 Å². The number of nitrogens with zero attached hydrogens (tertiary/aromatic N) is 4. The van der Waals surface area contributed by atoms with Crippen LogP contribution in [-0.4, -0.2) is 46.1 Å². The first-order chi connectivity index (χ1) is 25.5. The van der Waals surface area contributed by atoms with Crippen LogP contribution in [0.25, 0.3) is 22.1 Å². The average molecular weight is 705 g/mol. The molecule has 0 bridgehead atoms. The lowest BCUT2D eigenvalue weighted by Crippen LogP contribution is -2.41.